The lowest BCUT2D eigenvalue weighted by molar-refractivity contribution is -0.121. The zero-order valence-corrected chi connectivity index (χ0v) is 13.6. The number of amides is 1. The van der Waals surface area contributed by atoms with E-state index >= 15 is 0 Å². The summed E-state index contributed by atoms with van der Waals surface area (Å²) in [5.41, 5.74) is 6.66. The fourth-order valence-corrected chi connectivity index (χ4v) is 3.74. The van der Waals surface area contributed by atoms with Crippen LogP contribution in [0.3, 0.4) is 0 Å². The topological polar surface area (TPSA) is 64.3 Å². The Hall–Kier alpha value is -1.98. The van der Waals surface area contributed by atoms with Gasteiger partial charge in [-0.05, 0) is 42.0 Å². The summed E-state index contributed by atoms with van der Waals surface area (Å²) in [5, 5.41) is 2.83. The van der Waals surface area contributed by atoms with Crippen LogP contribution in [0.25, 0.3) is 0 Å². The number of carbonyl (C=O) groups excluding carboxylic acids is 1. The minimum atomic E-state index is -0.183. The first-order valence-electron chi connectivity index (χ1n) is 7.71. The van der Waals surface area contributed by atoms with Crippen LogP contribution < -0.4 is 15.8 Å². The molecule has 1 fully saturated rings. The number of hydrogen-bond acceptors (Lipinski definition) is 4. The van der Waals surface area contributed by atoms with E-state index in [1.165, 1.54) is 0 Å². The van der Waals surface area contributed by atoms with Crippen molar-refractivity contribution in [2.45, 2.75) is 17.7 Å². The maximum atomic E-state index is 12.3. The van der Waals surface area contributed by atoms with Crippen LogP contribution in [0, 0.1) is 0 Å². The predicted molar refractivity (Wildman–Crippen MR) is 93.8 cm³/mol. The maximum absolute atomic E-state index is 12.3. The third kappa shape index (κ3) is 4.06. The van der Waals surface area contributed by atoms with E-state index in [-0.39, 0.29) is 17.2 Å². The third-order valence-corrected chi connectivity index (χ3v) is 5.07. The molecular formula is C18H20N2O2S. The Kier molecular flexibility index (Phi) is 5.20. The number of nitrogens with two attached hydrogens (primary N) is 1. The van der Waals surface area contributed by atoms with Crippen molar-refractivity contribution in [3.05, 3.63) is 60.2 Å². The molecule has 3 rings (SSSR count). The van der Waals surface area contributed by atoms with Crippen LogP contribution in [-0.2, 0) is 4.79 Å². The molecule has 0 saturated carbocycles. The number of thioether (sulfide) groups is 1. The number of ether oxygens (including phenoxy) is 1. The lowest BCUT2D eigenvalue weighted by Crippen LogP contribution is -2.40. The van der Waals surface area contributed by atoms with E-state index in [1.807, 2.05) is 54.6 Å². The van der Waals surface area contributed by atoms with Crippen LogP contribution in [0.5, 0.6) is 11.5 Å². The van der Waals surface area contributed by atoms with Gasteiger partial charge in [0.25, 0.3) is 0 Å². The second-order valence-corrected chi connectivity index (χ2v) is 6.68. The van der Waals surface area contributed by atoms with Crippen molar-refractivity contribution in [3.63, 3.8) is 0 Å². The predicted octanol–water partition coefficient (Wildman–Crippen LogP) is 3.10. The molecule has 5 heteroatoms. The summed E-state index contributed by atoms with van der Waals surface area (Å²) >= 11 is 1.67. The highest BCUT2D eigenvalue weighted by Gasteiger charge is 2.26. The van der Waals surface area contributed by atoms with Gasteiger partial charge in [-0.25, -0.2) is 0 Å². The van der Waals surface area contributed by atoms with Crippen LogP contribution >= 0.6 is 11.8 Å². The highest BCUT2D eigenvalue weighted by atomic mass is 32.2. The van der Waals surface area contributed by atoms with Gasteiger partial charge < -0.3 is 15.8 Å². The highest BCUT2D eigenvalue weighted by Crippen LogP contribution is 2.33. The Balaban J connectivity index is 1.70. The Bertz CT molecular complexity index is 646. The number of nitrogens with one attached hydrogen (secondary N) is 1. The molecule has 3 N–H and O–H groups in total. The fraction of sp³-hybridized carbons (Fsp3) is 0.278. The van der Waals surface area contributed by atoms with Crippen molar-refractivity contribution in [2.24, 2.45) is 5.73 Å². The Morgan fingerprint density at radius 2 is 1.78 bits per heavy atom. The minimum Gasteiger partial charge on any atom is -0.457 e. The van der Waals surface area contributed by atoms with Crippen LogP contribution in [0.15, 0.2) is 54.6 Å². The van der Waals surface area contributed by atoms with Crippen LogP contribution in [-0.4, -0.2) is 24.2 Å². The van der Waals surface area contributed by atoms with Gasteiger partial charge in [-0.3, -0.25) is 4.79 Å². The fourth-order valence-electron chi connectivity index (χ4n) is 2.51. The third-order valence-electron chi connectivity index (χ3n) is 3.78. The van der Waals surface area contributed by atoms with Crippen LogP contribution in [0.2, 0.25) is 0 Å². The average Bonchev–Trinajstić information content (AvgIpc) is 2.78. The van der Waals surface area contributed by atoms with Crippen molar-refractivity contribution < 1.29 is 9.53 Å². The number of carbonyl (C=O) groups is 1. The Labute approximate surface area is 140 Å². The molecule has 1 heterocycles. The summed E-state index contributed by atoms with van der Waals surface area (Å²) in [6.07, 6.45) is 0.915. The van der Waals surface area contributed by atoms with Gasteiger partial charge in [-0.15, -0.1) is 11.8 Å². The SMILES string of the molecule is NC[C@H]1CCS[C@@H](c2ccc(Oc3ccccc3)cc2)C(=O)N1. The molecule has 2 aromatic rings. The van der Waals surface area contributed by atoms with Crippen molar-refractivity contribution in [2.75, 3.05) is 12.3 Å². The molecule has 0 unspecified atom stereocenters. The van der Waals surface area contributed by atoms with E-state index in [9.17, 15) is 4.79 Å². The second-order valence-electron chi connectivity index (χ2n) is 5.46. The maximum Gasteiger partial charge on any atom is 0.237 e. The van der Waals surface area contributed by atoms with Gasteiger partial charge in [-0.1, -0.05) is 30.3 Å². The molecule has 120 valence electrons. The highest BCUT2D eigenvalue weighted by molar-refractivity contribution is 8.00. The van der Waals surface area contributed by atoms with E-state index in [4.69, 9.17) is 10.5 Å². The molecule has 0 radical (unpaired) electrons. The number of hydrogen-bond donors (Lipinski definition) is 2. The van der Waals surface area contributed by atoms with Crippen molar-refractivity contribution >= 4 is 17.7 Å². The molecule has 0 spiro atoms. The first kappa shape index (κ1) is 15.9. The largest absolute Gasteiger partial charge is 0.457 e. The number of rotatable bonds is 4. The first-order chi connectivity index (χ1) is 11.3. The first-order valence-corrected chi connectivity index (χ1v) is 8.76. The van der Waals surface area contributed by atoms with E-state index in [0.717, 1.165) is 29.2 Å². The van der Waals surface area contributed by atoms with Gasteiger partial charge in [0.1, 0.15) is 16.7 Å². The summed E-state index contributed by atoms with van der Waals surface area (Å²) in [4.78, 5) is 12.3. The zero-order chi connectivity index (χ0) is 16.1. The van der Waals surface area contributed by atoms with Gasteiger partial charge in [0.05, 0.1) is 0 Å². The van der Waals surface area contributed by atoms with E-state index in [1.54, 1.807) is 11.8 Å². The summed E-state index contributed by atoms with van der Waals surface area (Å²) in [7, 11) is 0. The molecule has 1 aliphatic heterocycles. The monoisotopic (exact) mass is 328 g/mol. The Morgan fingerprint density at radius 3 is 2.48 bits per heavy atom. The van der Waals surface area contributed by atoms with Crippen molar-refractivity contribution in [1.29, 1.82) is 0 Å². The molecule has 0 aromatic heterocycles. The van der Waals surface area contributed by atoms with Crippen molar-refractivity contribution in [3.8, 4) is 11.5 Å². The van der Waals surface area contributed by atoms with Crippen molar-refractivity contribution in [1.82, 2.24) is 5.32 Å². The zero-order valence-electron chi connectivity index (χ0n) is 12.8. The van der Waals surface area contributed by atoms with Gasteiger partial charge in [0.15, 0.2) is 0 Å². The summed E-state index contributed by atoms with van der Waals surface area (Å²) < 4.78 is 5.78. The smallest absolute Gasteiger partial charge is 0.237 e. The Morgan fingerprint density at radius 1 is 1.09 bits per heavy atom. The molecule has 1 aliphatic rings. The quantitative estimate of drug-likeness (QED) is 0.905. The number of benzene rings is 2. The molecule has 0 bridgehead atoms. The van der Waals surface area contributed by atoms with Gasteiger partial charge in [0, 0.05) is 12.6 Å². The lowest BCUT2D eigenvalue weighted by atomic mass is 10.1. The molecule has 0 aliphatic carbocycles. The molecule has 2 atom stereocenters. The summed E-state index contributed by atoms with van der Waals surface area (Å²) in [6, 6.07) is 17.5. The molecule has 23 heavy (non-hydrogen) atoms. The molecule has 1 saturated heterocycles. The van der Waals surface area contributed by atoms with E-state index in [2.05, 4.69) is 5.32 Å². The van der Waals surface area contributed by atoms with E-state index < -0.39 is 0 Å². The normalized spacial score (nSPS) is 21.3. The second kappa shape index (κ2) is 7.53. The minimum absolute atomic E-state index is 0.0414. The van der Waals surface area contributed by atoms with Gasteiger partial charge in [-0.2, -0.15) is 0 Å². The lowest BCUT2D eigenvalue weighted by Gasteiger charge is -2.16. The summed E-state index contributed by atoms with van der Waals surface area (Å²) in [5.74, 6) is 2.53. The summed E-state index contributed by atoms with van der Waals surface area (Å²) in [6.45, 7) is 0.489. The molecule has 2 aromatic carbocycles. The van der Waals surface area contributed by atoms with E-state index in [0.29, 0.717) is 6.54 Å². The standard InChI is InChI=1S/C18H20N2O2S/c19-12-14-10-11-23-17(18(21)20-14)13-6-8-16(9-7-13)22-15-4-2-1-3-5-15/h1-9,14,17H,10-12,19H2,(H,20,21)/t14-,17+/m1/s1. The van der Waals surface area contributed by atoms with Crippen LogP contribution in [0.4, 0.5) is 0 Å². The number of para-hydroxylation sites is 1. The van der Waals surface area contributed by atoms with Gasteiger partial charge >= 0.3 is 0 Å². The van der Waals surface area contributed by atoms with Gasteiger partial charge in [0.2, 0.25) is 5.91 Å². The molecule has 1 amide bonds. The average molecular weight is 328 g/mol. The molecule has 4 nitrogen and oxygen atoms in total. The van der Waals surface area contributed by atoms with Crippen LogP contribution in [0.1, 0.15) is 17.2 Å². The molecular weight excluding hydrogens is 308 g/mol.